The minimum absolute atomic E-state index is 0.428. The number of anilines is 1. The molecule has 0 atom stereocenters. The van der Waals surface area contributed by atoms with Crippen LogP contribution >= 0.6 is 24.4 Å². The first-order valence-electron chi connectivity index (χ1n) is 7.38. The van der Waals surface area contributed by atoms with E-state index in [4.69, 9.17) is 18.1 Å². The fourth-order valence-corrected chi connectivity index (χ4v) is 2.38. The minimum Gasteiger partial charge on any atom is -0.331 e. The van der Waals surface area contributed by atoms with Crippen molar-refractivity contribution in [3.8, 4) is 0 Å². The Morgan fingerprint density at radius 2 is 1.42 bits per heavy atom. The van der Waals surface area contributed by atoms with E-state index in [1.807, 2.05) is 64.1 Å². The number of rotatable bonds is 2. The Kier molecular flexibility index (Phi) is 8.22. The molecule has 0 amide bonds. The summed E-state index contributed by atoms with van der Waals surface area (Å²) in [6.07, 6.45) is 0. The van der Waals surface area contributed by atoms with E-state index in [2.05, 4.69) is 33.1 Å². The zero-order valence-corrected chi connectivity index (χ0v) is 15.9. The van der Waals surface area contributed by atoms with Crippen molar-refractivity contribution in [2.24, 2.45) is 10.8 Å². The first-order valence-corrected chi connectivity index (χ1v) is 8.20. The summed E-state index contributed by atoms with van der Waals surface area (Å²) in [6.45, 7) is 8.07. The average Bonchev–Trinajstić information content (AvgIpc) is 2.55. The number of nitrogens with two attached hydrogens (primary N) is 1. The van der Waals surface area contributed by atoms with Gasteiger partial charge in [-0.1, -0.05) is 36.4 Å². The predicted molar refractivity (Wildman–Crippen MR) is 110 cm³/mol. The number of benzene rings is 2. The Hall–Kier alpha value is -2.11. The summed E-state index contributed by atoms with van der Waals surface area (Å²) in [5.74, 6) is 5.17. The van der Waals surface area contributed by atoms with Crippen LogP contribution in [-0.2, 0) is 0 Å². The van der Waals surface area contributed by atoms with E-state index in [9.17, 15) is 0 Å². The molecule has 0 unspecified atom stereocenters. The fraction of sp³-hybridized carbons (Fsp3) is 0.222. The van der Waals surface area contributed by atoms with Gasteiger partial charge < -0.3 is 10.7 Å². The van der Waals surface area contributed by atoms with Crippen LogP contribution in [0.4, 0.5) is 11.4 Å². The summed E-state index contributed by atoms with van der Waals surface area (Å²) in [4.78, 5) is 3.97. The molecular weight excluding hydrogens is 336 g/mol. The Labute approximate surface area is 154 Å². The first kappa shape index (κ1) is 19.9. The lowest BCUT2D eigenvalue weighted by Gasteiger charge is -2.12. The lowest BCUT2D eigenvalue weighted by Crippen LogP contribution is -2.34. The molecule has 0 aliphatic rings. The first-order chi connectivity index (χ1) is 11.4. The molecule has 6 heteroatoms. The SMILES string of the molecule is Cc1cccc(C)c1N=C=S.Cc1cccc(C)c1NC(=S)NN. The van der Waals surface area contributed by atoms with Crippen molar-refractivity contribution in [2.45, 2.75) is 27.7 Å². The van der Waals surface area contributed by atoms with Crippen LogP contribution in [0.25, 0.3) is 0 Å². The van der Waals surface area contributed by atoms with Crippen LogP contribution in [0.3, 0.4) is 0 Å². The van der Waals surface area contributed by atoms with Crippen LogP contribution in [0.5, 0.6) is 0 Å². The molecule has 0 aliphatic heterocycles. The van der Waals surface area contributed by atoms with E-state index in [1.165, 1.54) is 0 Å². The molecule has 0 fully saturated rings. The Balaban J connectivity index is 0.000000243. The van der Waals surface area contributed by atoms with Crippen LogP contribution in [0.15, 0.2) is 41.4 Å². The van der Waals surface area contributed by atoms with Gasteiger partial charge in [-0.3, -0.25) is 0 Å². The minimum atomic E-state index is 0.428. The third kappa shape index (κ3) is 5.83. The highest BCUT2D eigenvalue weighted by Gasteiger charge is 2.02. The molecule has 0 bridgehead atoms. The van der Waals surface area contributed by atoms with Gasteiger partial charge >= 0.3 is 0 Å². The van der Waals surface area contributed by atoms with Crippen molar-refractivity contribution >= 4 is 46.1 Å². The van der Waals surface area contributed by atoms with Crippen molar-refractivity contribution in [2.75, 3.05) is 5.32 Å². The molecule has 0 saturated carbocycles. The molecule has 0 aromatic heterocycles. The highest BCUT2D eigenvalue weighted by atomic mass is 32.1. The average molecular weight is 359 g/mol. The van der Waals surface area contributed by atoms with Crippen LogP contribution in [-0.4, -0.2) is 10.3 Å². The molecule has 24 heavy (non-hydrogen) atoms. The highest BCUT2D eigenvalue weighted by Crippen LogP contribution is 2.21. The van der Waals surface area contributed by atoms with E-state index < -0.39 is 0 Å². The smallest absolute Gasteiger partial charge is 0.185 e. The number of hydrazine groups is 1. The molecule has 2 aromatic carbocycles. The molecule has 0 radical (unpaired) electrons. The van der Waals surface area contributed by atoms with Crippen molar-refractivity contribution in [1.82, 2.24) is 5.43 Å². The number of hydrogen-bond acceptors (Lipinski definition) is 4. The number of aryl methyl sites for hydroxylation is 4. The zero-order chi connectivity index (χ0) is 18.1. The predicted octanol–water partition coefficient (Wildman–Crippen LogP) is 4.50. The Morgan fingerprint density at radius 1 is 0.958 bits per heavy atom. The lowest BCUT2D eigenvalue weighted by molar-refractivity contribution is 1.04. The molecule has 0 aliphatic carbocycles. The van der Waals surface area contributed by atoms with Crippen molar-refractivity contribution < 1.29 is 0 Å². The number of para-hydroxylation sites is 2. The maximum atomic E-state index is 5.17. The van der Waals surface area contributed by atoms with Gasteiger partial charge in [0.05, 0.1) is 10.8 Å². The van der Waals surface area contributed by atoms with Gasteiger partial charge in [0, 0.05) is 5.69 Å². The molecule has 4 N–H and O–H groups in total. The second-order valence-corrected chi connectivity index (χ2v) is 5.90. The van der Waals surface area contributed by atoms with Crippen LogP contribution < -0.4 is 16.6 Å². The Bertz CT molecular complexity index is 725. The lowest BCUT2D eigenvalue weighted by atomic mass is 10.1. The quantitative estimate of drug-likeness (QED) is 0.319. The maximum absolute atomic E-state index is 5.17. The van der Waals surface area contributed by atoms with Gasteiger partial charge in [-0.2, -0.15) is 4.99 Å². The van der Waals surface area contributed by atoms with E-state index in [0.717, 1.165) is 33.6 Å². The molecular formula is C18H22N4S2. The molecule has 0 spiro atoms. The van der Waals surface area contributed by atoms with Gasteiger partial charge in [0.25, 0.3) is 0 Å². The summed E-state index contributed by atoms with van der Waals surface area (Å²) < 4.78 is 0. The number of hydrogen-bond donors (Lipinski definition) is 3. The standard InChI is InChI=1S/C9H13N3S.C9H9NS/c1-6-4-3-5-7(2)8(6)11-9(13)12-10;1-7-4-3-5-8(2)9(7)10-6-11/h3-5H,10H2,1-2H3,(H2,11,12,13);3-5H,1-2H3. The van der Waals surface area contributed by atoms with Gasteiger partial charge in [-0.15, -0.1) is 0 Å². The second-order valence-electron chi connectivity index (χ2n) is 5.31. The van der Waals surface area contributed by atoms with Crippen molar-refractivity contribution in [1.29, 1.82) is 0 Å². The summed E-state index contributed by atoms with van der Waals surface area (Å²) in [5.41, 5.74) is 8.94. The van der Waals surface area contributed by atoms with Crippen molar-refractivity contribution in [3.05, 3.63) is 58.7 Å². The van der Waals surface area contributed by atoms with Crippen LogP contribution in [0.1, 0.15) is 22.3 Å². The van der Waals surface area contributed by atoms with Gasteiger partial charge in [0.15, 0.2) is 5.11 Å². The molecule has 2 aromatic rings. The van der Waals surface area contributed by atoms with E-state index >= 15 is 0 Å². The zero-order valence-electron chi connectivity index (χ0n) is 14.3. The monoisotopic (exact) mass is 358 g/mol. The summed E-state index contributed by atoms with van der Waals surface area (Å²) in [5, 5.41) is 5.83. The normalized spacial score (nSPS) is 9.21. The number of nitrogens with zero attached hydrogens (tertiary/aromatic N) is 1. The fourth-order valence-electron chi connectivity index (χ4n) is 2.19. The highest BCUT2D eigenvalue weighted by molar-refractivity contribution is 7.80. The summed E-state index contributed by atoms with van der Waals surface area (Å²) in [6, 6.07) is 12.1. The largest absolute Gasteiger partial charge is 0.331 e. The molecule has 0 saturated heterocycles. The third-order valence-electron chi connectivity index (χ3n) is 3.45. The second kappa shape index (κ2) is 9.90. The third-order valence-corrected chi connectivity index (χ3v) is 3.76. The van der Waals surface area contributed by atoms with Gasteiger partial charge in [0.1, 0.15) is 0 Å². The summed E-state index contributed by atoms with van der Waals surface area (Å²) in [7, 11) is 0. The topological polar surface area (TPSA) is 62.4 Å². The Morgan fingerprint density at radius 3 is 1.83 bits per heavy atom. The number of nitrogens with one attached hydrogen (secondary N) is 2. The van der Waals surface area contributed by atoms with Gasteiger partial charge in [-0.25, -0.2) is 5.84 Å². The van der Waals surface area contributed by atoms with E-state index in [1.54, 1.807) is 0 Å². The maximum Gasteiger partial charge on any atom is 0.185 e. The molecule has 2 rings (SSSR count). The van der Waals surface area contributed by atoms with Crippen LogP contribution in [0, 0.1) is 27.7 Å². The number of aliphatic imine (C=N–C) groups is 1. The number of thiocarbonyl (C=S) groups is 2. The van der Waals surface area contributed by atoms with Crippen molar-refractivity contribution in [3.63, 3.8) is 0 Å². The molecule has 0 heterocycles. The van der Waals surface area contributed by atoms with Crippen LogP contribution in [0.2, 0.25) is 0 Å². The molecule has 126 valence electrons. The van der Waals surface area contributed by atoms with E-state index in [0.29, 0.717) is 5.11 Å². The number of isothiocyanates is 1. The van der Waals surface area contributed by atoms with Gasteiger partial charge in [0.2, 0.25) is 0 Å². The van der Waals surface area contributed by atoms with E-state index in [-0.39, 0.29) is 0 Å². The van der Waals surface area contributed by atoms with Gasteiger partial charge in [-0.05, 0) is 74.4 Å². The molecule has 4 nitrogen and oxygen atoms in total. The summed E-state index contributed by atoms with van der Waals surface area (Å²) >= 11 is 9.45.